The van der Waals surface area contributed by atoms with Gasteiger partial charge in [-0.1, -0.05) is 96.3 Å². The van der Waals surface area contributed by atoms with Gasteiger partial charge in [-0.3, -0.25) is 0 Å². The minimum Gasteiger partial charge on any atom is -1.00 e. The Hall–Kier alpha value is 0.170. The Morgan fingerprint density at radius 3 is 0.920 bits per heavy atom. The number of aliphatic hydroxyl groups is 2. The van der Waals surface area contributed by atoms with Gasteiger partial charge in [0.1, 0.15) is 0 Å². The van der Waals surface area contributed by atoms with Crippen LogP contribution in [0, 0.1) is 0 Å². The van der Waals surface area contributed by atoms with Gasteiger partial charge >= 0.3 is 0 Å². The Morgan fingerprint density at radius 2 is 0.680 bits per heavy atom. The Kier molecular flexibility index (Phi) is 26.5. The molecular weight excluding hydrogens is 334 g/mol. The van der Waals surface area contributed by atoms with E-state index in [0.717, 1.165) is 19.4 Å². The Balaban J connectivity index is 0. The topological polar surface area (TPSA) is 68.1 Å². The second-order valence-corrected chi connectivity index (χ2v) is 7.49. The average molecular weight is 380 g/mol. The maximum atomic E-state index is 8.75. The number of rotatable bonds is 20. The van der Waals surface area contributed by atoms with Gasteiger partial charge in [0.2, 0.25) is 0 Å². The highest BCUT2D eigenvalue weighted by Gasteiger charge is 1.97. The molecule has 0 heterocycles. The molecule has 0 aliphatic rings. The third-order valence-corrected chi connectivity index (χ3v) is 4.96. The predicted molar refractivity (Wildman–Crippen MR) is 104 cm³/mol. The van der Waals surface area contributed by atoms with Crippen LogP contribution in [-0.2, 0) is 0 Å². The van der Waals surface area contributed by atoms with E-state index >= 15 is 0 Å². The van der Waals surface area contributed by atoms with Crippen molar-refractivity contribution in [1.82, 2.24) is 0 Å². The molecule has 5 N–H and O–H groups in total. The lowest BCUT2D eigenvalue weighted by atomic mass is 10.0. The largest absolute Gasteiger partial charge is 1.00 e. The van der Waals surface area contributed by atoms with Crippen molar-refractivity contribution in [3.8, 4) is 0 Å². The first-order valence-corrected chi connectivity index (χ1v) is 10.9. The Bertz CT molecular complexity index is 228. The van der Waals surface area contributed by atoms with E-state index in [4.69, 9.17) is 10.2 Å². The minimum absolute atomic E-state index is 0. The fourth-order valence-electron chi connectivity index (χ4n) is 3.33. The molecule has 4 heteroatoms. The number of unbranched alkanes of at least 4 members (excludes halogenated alkanes) is 17. The first-order chi connectivity index (χ1) is 11.8. The first kappa shape index (κ1) is 27.4. The van der Waals surface area contributed by atoms with E-state index in [1.165, 1.54) is 103 Å². The van der Waals surface area contributed by atoms with E-state index in [0.29, 0.717) is 6.42 Å². The normalized spacial score (nSPS) is 11.0. The third-order valence-electron chi connectivity index (χ3n) is 4.96. The van der Waals surface area contributed by atoms with Crippen molar-refractivity contribution in [3.05, 3.63) is 0 Å². The number of halogens is 1. The molecule has 0 aromatic carbocycles. The van der Waals surface area contributed by atoms with Crippen LogP contribution in [0.3, 0.4) is 0 Å². The van der Waals surface area contributed by atoms with E-state index in [1.54, 1.807) is 0 Å². The number of aliphatic hydroxyl groups excluding tert-OH is 1. The summed E-state index contributed by atoms with van der Waals surface area (Å²) in [5.74, 6) is 0. The highest BCUT2D eigenvalue weighted by molar-refractivity contribution is 4.51. The molecule has 0 aromatic heterocycles. The lowest BCUT2D eigenvalue weighted by Crippen LogP contribution is -3.00. The van der Waals surface area contributed by atoms with Crippen LogP contribution in [0.25, 0.3) is 0 Å². The highest BCUT2D eigenvalue weighted by atomic mass is 35.5. The summed E-state index contributed by atoms with van der Waals surface area (Å²) < 4.78 is 0. The first-order valence-electron chi connectivity index (χ1n) is 10.9. The zero-order valence-electron chi connectivity index (χ0n) is 16.7. The van der Waals surface area contributed by atoms with Gasteiger partial charge in [-0.15, -0.1) is 0 Å². The molecule has 0 saturated heterocycles. The van der Waals surface area contributed by atoms with E-state index in [1.807, 2.05) is 0 Å². The van der Waals surface area contributed by atoms with Crippen LogP contribution in [-0.4, -0.2) is 23.0 Å². The maximum absolute atomic E-state index is 8.75. The van der Waals surface area contributed by atoms with Gasteiger partial charge in [0, 0.05) is 0 Å². The van der Waals surface area contributed by atoms with Crippen molar-refractivity contribution < 1.29 is 28.4 Å². The molecule has 0 rings (SSSR count). The number of hydrogen-bond donors (Lipinski definition) is 3. The van der Waals surface area contributed by atoms with Crippen molar-refractivity contribution in [2.45, 2.75) is 128 Å². The zero-order valence-corrected chi connectivity index (χ0v) is 17.5. The van der Waals surface area contributed by atoms with Crippen LogP contribution >= 0.6 is 0 Å². The molecule has 0 fully saturated rings. The van der Waals surface area contributed by atoms with E-state index < -0.39 is 6.29 Å². The quantitative estimate of drug-likeness (QED) is 0.223. The minimum atomic E-state index is -1.10. The van der Waals surface area contributed by atoms with Crippen molar-refractivity contribution in [2.75, 3.05) is 6.54 Å². The molecule has 0 aromatic rings. The molecule has 0 aliphatic heterocycles. The van der Waals surface area contributed by atoms with Crippen molar-refractivity contribution >= 4 is 0 Å². The van der Waals surface area contributed by atoms with E-state index in [-0.39, 0.29) is 12.4 Å². The zero-order chi connectivity index (χ0) is 17.7. The summed E-state index contributed by atoms with van der Waals surface area (Å²) in [5, 5.41) is 17.5. The summed E-state index contributed by atoms with van der Waals surface area (Å²) in [4.78, 5) is 0. The summed E-state index contributed by atoms with van der Waals surface area (Å²) in [6, 6.07) is 0. The fourth-order valence-corrected chi connectivity index (χ4v) is 3.33. The molecule has 25 heavy (non-hydrogen) atoms. The molecule has 0 atom stereocenters. The summed E-state index contributed by atoms with van der Waals surface area (Å²) in [5.41, 5.74) is 3.89. The van der Waals surface area contributed by atoms with Gasteiger partial charge < -0.3 is 28.4 Å². The molecule has 0 spiro atoms. The molecular formula is C21H46ClNO2. The van der Waals surface area contributed by atoms with Crippen LogP contribution in [0.15, 0.2) is 0 Å². The summed E-state index contributed by atoms with van der Waals surface area (Å²) in [7, 11) is 0. The highest BCUT2D eigenvalue weighted by Crippen LogP contribution is 2.14. The third kappa shape index (κ3) is 26.5. The predicted octanol–water partition coefficient (Wildman–Crippen LogP) is 1.95. The maximum Gasteiger partial charge on any atom is 0.151 e. The van der Waals surface area contributed by atoms with Crippen molar-refractivity contribution in [2.24, 2.45) is 0 Å². The van der Waals surface area contributed by atoms with Gasteiger partial charge in [0.15, 0.2) is 6.29 Å². The SMILES string of the molecule is [Cl-].[NH3+]CCCCCCCCCCCCCCCCCCCCC(O)O. The molecule has 0 bridgehead atoms. The van der Waals surface area contributed by atoms with Crippen molar-refractivity contribution in [1.29, 1.82) is 0 Å². The van der Waals surface area contributed by atoms with Gasteiger partial charge in [0.05, 0.1) is 6.54 Å². The monoisotopic (exact) mass is 379 g/mol. The number of quaternary nitrogens is 1. The smallest absolute Gasteiger partial charge is 0.151 e. The summed E-state index contributed by atoms with van der Waals surface area (Å²) >= 11 is 0. The number of hydrogen-bond acceptors (Lipinski definition) is 2. The van der Waals surface area contributed by atoms with Crippen LogP contribution in [0.1, 0.15) is 122 Å². The van der Waals surface area contributed by atoms with E-state index in [9.17, 15) is 0 Å². The molecule has 0 aliphatic carbocycles. The standard InChI is InChI=1S/C21H45NO2.ClH/c22-20-18-16-14-12-10-8-6-4-2-1-3-5-7-9-11-13-15-17-19-21(23)24;/h21,23-24H,1-20,22H2;1H. The van der Waals surface area contributed by atoms with Gasteiger partial charge in [-0.25, -0.2) is 0 Å². The van der Waals surface area contributed by atoms with Crippen LogP contribution in [0.2, 0.25) is 0 Å². The summed E-state index contributed by atoms with van der Waals surface area (Å²) in [6.45, 7) is 1.11. The van der Waals surface area contributed by atoms with Gasteiger partial charge in [0.25, 0.3) is 0 Å². The molecule has 0 unspecified atom stereocenters. The Morgan fingerprint density at radius 1 is 0.440 bits per heavy atom. The van der Waals surface area contributed by atoms with E-state index in [2.05, 4.69) is 5.73 Å². The van der Waals surface area contributed by atoms with Crippen LogP contribution in [0.5, 0.6) is 0 Å². The van der Waals surface area contributed by atoms with Crippen LogP contribution < -0.4 is 18.1 Å². The second-order valence-electron chi connectivity index (χ2n) is 7.49. The average Bonchev–Trinajstić information content (AvgIpc) is 2.56. The fraction of sp³-hybridized carbons (Fsp3) is 1.00. The second kappa shape index (κ2) is 24.2. The molecule has 154 valence electrons. The lowest BCUT2D eigenvalue weighted by Gasteiger charge is -2.04. The molecule has 0 radical (unpaired) electrons. The summed E-state index contributed by atoms with van der Waals surface area (Å²) in [6.07, 6.45) is 23.8. The molecule has 0 saturated carbocycles. The Labute approximate surface area is 163 Å². The molecule has 3 nitrogen and oxygen atoms in total. The lowest BCUT2D eigenvalue weighted by molar-refractivity contribution is -0.368. The van der Waals surface area contributed by atoms with Crippen molar-refractivity contribution in [3.63, 3.8) is 0 Å². The van der Waals surface area contributed by atoms with Gasteiger partial charge in [-0.2, -0.15) is 0 Å². The molecule has 0 amide bonds. The van der Waals surface area contributed by atoms with Gasteiger partial charge in [-0.05, 0) is 25.7 Å². The van der Waals surface area contributed by atoms with Crippen LogP contribution in [0.4, 0.5) is 0 Å².